The number of nitrogens with one attached hydrogen (secondary N) is 3. The van der Waals surface area contributed by atoms with E-state index in [1.165, 1.54) is 0 Å². The quantitative estimate of drug-likeness (QED) is 0.410. The summed E-state index contributed by atoms with van der Waals surface area (Å²) >= 11 is 0. The van der Waals surface area contributed by atoms with Gasteiger partial charge in [-0.05, 0) is 43.9 Å². The molecule has 0 unspecified atom stereocenters. The van der Waals surface area contributed by atoms with Crippen LogP contribution in [0.3, 0.4) is 0 Å². The number of hydrogen-bond donors (Lipinski definition) is 3. The number of benzene rings is 1. The number of guanidine groups is 1. The van der Waals surface area contributed by atoms with Gasteiger partial charge in [0, 0.05) is 25.5 Å². The van der Waals surface area contributed by atoms with Crippen LogP contribution in [0.15, 0.2) is 53.7 Å². The Morgan fingerprint density at radius 3 is 2.72 bits per heavy atom. The highest BCUT2D eigenvalue weighted by Crippen LogP contribution is 2.10. The zero-order valence-corrected chi connectivity index (χ0v) is 16.9. The molecule has 9 heteroatoms. The minimum absolute atomic E-state index is 0.0434. The fourth-order valence-electron chi connectivity index (χ4n) is 2.83. The normalized spacial score (nSPS) is 11.7. The van der Waals surface area contributed by atoms with Gasteiger partial charge in [0.2, 0.25) is 5.91 Å². The van der Waals surface area contributed by atoms with Crippen molar-refractivity contribution in [1.82, 2.24) is 30.1 Å². The number of carbonyl (C=O) groups excluding carboxylic acids is 1. The van der Waals surface area contributed by atoms with Gasteiger partial charge in [-0.15, -0.1) is 10.2 Å². The molecule has 2 aromatic heterocycles. The molecular formula is C20H26N8O. The molecule has 1 amide bonds. The van der Waals surface area contributed by atoms with Crippen LogP contribution in [-0.4, -0.2) is 59.1 Å². The number of aromatic nitrogens is 3. The van der Waals surface area contributed by atoms with E-state index in [4.69, 9.17) is 0 Å². The summed E-state index contributed by atoms with van der Waals surface area (Å²) in [5.41, 5.74) is 2.61. The zero-order chi connectivity index (χ0) is 20.6. The maximum atomic E-state index is 11.9. The van der Waals surface area contributed by atoms with Crippen LogP contribution in [0.1, 0.15) is 11.4 Å². The first-order valence-corrected chi connectivity index (χ1v) is 9.32. The number of pyridine rings is 1. The molecule has 9 nitrogen and oxygen atoms in total. The van der Waals surface area contributed by atoms with Crippen molar-refractivity contribution in [3.8, 4) is 0 Å². The van der Waals surface area contributed by atoms with Crippen molar-refractivity contribution in [3.63, 3.8) is 0 Å². The number of aliphatic imine (C=N–C) groups is 1. The molecule has 152 valence electrons. The summed E-state index contributed by atoms with van der Waals surface area (Å²) < 4.78 is 1.93. The average Bonchev–Trinajstić information content (AvgIpc) is 3.11. The molecule has 0 atom stereocenters. The van der Waals surface area contributed by atoms with Gasteiger partial charge in [-0.1, -0.05) is 18.2 Å². The van der Waals surface area contributed by atoms with Crippen molar-refractivity contribution in [2.75, 3.05) is 33.0 Å². The Labute approximate surface area is 169 Å². The molecule has 0 bridgehead atoms. The number of anilines is 1. The molecule has 0 spiro atoms. The number of hydrogen-bond acceptors (Lipinski definition) is 5. The summed E-state index contributed by atoms with van der Waals surface area (Å²) in [5.74, 6) is 1.41. The monoisotopic (exact) mass is 394 g/mol. The smallest absolute Gasteiger partial charge is 0.238 e. The van der Waals surface area contributed by atoms with Gasteiger partial charge in [-0.3, -0.25) is 14.2 Å². The van der Waals surface area contributed by atoms with E-state index in [0.29, 0.717) is 25.6 Å². The predicted molar refractivity (Wildman–Crippen MR) is 114 cm³/mol. The molecule has 3 rings (SSSR count). The van der Waals surface area contributed by atoms with E-state index in [0.717, 1.165) is 22.7 Å². The van der Waals surface area contributed by atoms with Crippen LogP contribution in [0.2, 0.25) is 0 Å². The van der Waals surface area contributed by atoms with Crippen molar-refractivity contribution in [3.05, 3.63) is 60.0 Å². The number of rotatable bonds is 7. The SMILES string of the molecule is CN=C(NCc1cccc(NC(=O)CN(C)C)c1)NCc1nnc2ccccn12. The van der Waals surface area contributed by atoms with Crippen LogP contribution in [0.25, 0.3) is 5.65 Å². The predicted octanol–water partition coefficient (Wildman–Crippen LogP) is 1.09. The summed E-state index contributed by atoms with van der Waals surface area (Å²) in [6, 6.07) is 13.5. The lowest BCUT2D eigenvalue weighted by atomic mass is 10.2. The van der Waals surface area contributed by atoms with Crippen molar-refractivity contribution >= 4 is 23.2 Å². The molecule has 0 fully saturated rings. The lowest BCUT2D eigenvalue weighted by molar-refractivity contribution is -0.116. The lowest BCUT2D eigenvalue weighted by Gasteiger charge is -2.13. The average molecular weight is 394 g/mol. The van der Waals surface area contributed by atoms with E-state index in [1.807, 2.05) is 72.1 Å². The highest BCUT2D eigenvalue weighted by molar-refractivity contribution is 5.92. The van der Waals surface area contributed by atoms with Crippen molar-refractivity contribution in [2.45, 2.75) is 13.1 Å². The highest BCUT2D eigenvalue weighted by atomic mass is 16.2. The summed E-state index contributed by atoms with van der Waals surface area (Å²) in [7, 11) is 5.44. The molecule has 0 saturated carbocycles. The molecule has 3 N–H and O–H groups in total. The molecule has 0 radical (unpaired) electrons. The fraction of sp³-hybridized carbons (Fsp3) is 0.300. The van der Waals surface area contributed by atoms with Crippen molar-refractivity contribution in [2.24, 2.45) is 4.99 Å². The Morgan fingerprint density at radius 1 is 1.10 bits per heavy atom. The Kier molecular flexibility index (Phi) is 6.75. The van der Waals surface area contributed by atoms with E-state index in [1.54, 1.807) is 7.05 Å². The van der Waals surface area contributed by atoms with Gasteiger partial charge < -0.3 is 20.9 Å². The second-order valence-corrected chi connectivity index (χ2v) is 6.81. The molecular weight excluding hydrogens is 368 g/mol. The molecule has 29 heavy (non-hydrogen) atoms. The first-order chi connectivity index (χ1) is 14.0. The molecule has 0 aliphatic carbocycles. The molecule has 2 heterocycles. The van der Waals surface area contributed by atoms with E-state index >= 15 is 0 Å². The van der Waals surface area contributed by atoms with Gasteiger partial charge in [-0.25, -0.2) is 0 Å². The number of likely N-dealkylation sites (N-methyl/N-ethyl adjacent to an activating group) is 1. The first kappa shape index (κ1) is 20.3. The summed E-state index contributed by atoms with van der Waals surface area (Å²) in [6.45, 7) is 1.40. The first-order valence-electron chi connectivity index (χ1n) is 9.32. The number of fused-ring (bicyclic) bond motifs is 1. The topological polar surface area (TPSA) is 99.0 Å². The van der Waals surface area contributed by atoms with Gasteiger partial charge in [0.1, 0.15) is 0 Å². The van der Waals surface area contributed by atoms with Gasteiger partial charge in [0.05, 0.1) is 13.1 Å². The summed E-state index contributed by atoms with van der Waals surface area (Å²) in [5, 5.41) is 17.8. The Bertz CT molecular complexity index is 995. The van der Waals surface area contributed by atoms with Gasteiger partial charge in [0.25, 0.3) is 0 Å². The van der Waals surface area contributed by atoms with Gasteiger partial charge in [0.15, 0.2) is 17.4 Å². The van der Waals surface area contributed by atoms with E-state index in [9.17, 15) is 4.79 Å². The van der Waals surface area contributed by atoms with Crippen molar-refractivity contribution in [1.29, 1.82) is 0 Å². The Balaban J connectivity index is 1.54. The third-order valence-electron chi connectivity index (χ3n) is 4.15. The molecule has 0 saturated heterocycles. The van der Waals surface area contributed by atoms with Crippen LogP contribution in [0, 0.1) is 0 Å². The minimum Gasteiger partial charge on any atom is -0.352 e. The third-order valence-corrected chi connectivity index (χ3v) is 4.15. The number of nitrogens with zero attached hydrogens (tertiary/aromatic N) is 5. The molecule has 1 aromatic carbocycles. The zero-order valence-electron chi connectivity index (χ0n) is 16.9. The van der Waals surface area contributed by atoms with E-state index in [2.05, 4.69) is 31.1 Å². The standard InChI is InChI=1S/C20H26N8O/c1-21-20(23-13-18-26-25-17-9-4-5-10-28(17)18)22-12-15-7-6-8-16(11-15)24-19(29)14-27(2)3/h4-11H,12-14H2,1-3H3,(H,24,29)(H2,21,22,23). The number of carbonyl (C=O) groups is 1. The van der Waals surface area contributed by atoms with Crippen molar-refractivity contribution < 1.29 is 4.79 Å². The van der Waals surface area contributed by atoms with Gasteiger partial charge >= 0.3 is 0 Å². The van der Waals surface area contributed by atoms with Gasteiger partial charge in [-0.2, -0.15) is 0 Å². The minimum atomic E-state index is -0.0434. The van der Waals surface area contributed by atoms with Crippen LogP contribution in [0.5, 0.6) is 0 Å². The maximum Gasteiger partial charge on any atom is 0.238 e. The molecule has 0 aliphatic rings. The Morgan fingerprint density at radius 2 is 1.93 bits per heavy atom. The summed E-state index contributed by atoms with van der Waals surface area (Å²) in [4.78, 5) is 18.0. The second-order valence-electron chi connectivity index (χ2n) is 6.81. The van der Waals surface area contributed by atoms with Crippen LogP contribution >= 0.6 is 0 Å². The summed E-state index contributed by atoms with van der Waals surface area (Å²) in [6.07, 6.45) is 1.93. The Hall–Kier alpha value is -3.46. The second kappa shape index (κ2) is 9.65. The largest absolute Gasteiger partial charge is 0.352 e. The van der Waals surface area contributed by atoms with Crippen LogP contribution in [-0.2, 0) is 17.9 Å². The maximum absolute atomic E-state index is 11.9. The fourth-order valence-corrected chi connectivity index (χ4v) is 2.83. The van der Waals surface area contributed by atoms with E-state index < -0.39 is 0 Å². The lowest BCUT2D eigenvalue weighted by Crippen LogP contribution is -2.36. The molecule has 3 aromatic rings. The van der Waals surface area contributed by atoms with E-state index in [-0.39, 0.29) is 5.91 Å². The molecule has 0 aliphatic heterocycles. The highest BCUT2D eigenvalue weighted by Gasteiger charge is 2.07. The van der Waals surface area contributed by atoms with Crippen LogP contribution < -0.4 is 16.0 Å². The third kappa shape index (κ3) is 5.76. The number of amides is 1. The van der Waals surface area contributed by atoms with Crippen LogP contribution in [0.4, 0.5) is 5.69 Å².